The van der Waals surface area contributed by atoms with Crippen molar-refractivity contribution in [1.29, 1.82) is 0 Å². The highest BCUT2D eigenvalue weighted by atomic mass is 16.1. The second-order valence-electron chi connectivity index (χ2n) is 3.05. The van der Waals surface area contributed by atoms with Gasteiger partial charge in [-0.05, 0) is 18.1 Å². The maximum Gasteiger partial charge on any atom is 0.159 e. The number of hydrogen-bond acceptors (Lipinski definition) is 2. The van der Waals surface area contributed by atoms with Crippen molar-refractivity contribution in [3.63, 3.8) is 0 Å². The second-order valence-corrected chi connectivity index (χ2v) is 3.05. The summed E-state index contributed by atoms with van der Waals surface area (Å²) < 4.78 is 0. The average molecular weight is 136 g/mol. The molecule has 1 saturated carbocycles. The van der Waals surface area contributed by atoms with E-state index in [4.69, 9.17) is 0 Å². The molecule has 2 atom stereocenters. The third kappa shape index (κ3) is 0.537. The largest absolute Gasteiger partial charge is 0.295 e. The van der Waals surface area contributed by atoms with Gasteiger partial charge in [-0.25, -0.2) is 0 Å². The summed E-state index contributed by atoms with van der Waals surface area (Å²) in [5.41, 5.74) is 0. The molecular weight excluding hydrogens is 128 g/mol. The third-order valence-corrected chi connectivity index (χ3v) is 2.45. The van der Waals surface area contributed by atoms with E-state index in [1.807, 2.05) is 6.92 Å². The molecule has 0 radical (unpaired) electrons. The molecule has 0 aromatic carbocycles. The molecule has 2 unspecified atom stereocenters. The van der Waals surface area contributed by atoms with Gasteiger partial charge in [0.2, 0.25) is 0 Å². The first-order valence-electron chi connectivity index (χ1n) is 3.47. The van der Waals surface area contributed by atoms with E-state index >= 15 is 0 Å². The van der Waals surface area contributed by atoms with Crippen LogP contribution in [0.2, 0.25) is 0 Å². The number of fused-ring (bicyclic) bond motifs is 1. The van der Waals surface area contributed by atoms with E-state index < -0.39 is 0 Å². The molecule has 52 valence electrons. The zero-order valence-corrected chi connectivity index (χ0v) is 5.70. The Morgan fingerprint density at radius 2 is 1.50 bits per heavy atom. The smallest absolute Gasteiger partial charge is 0.159 e. The Hall–Kier alpha value is -0.920. The summed E-state index contributed by atoms with van der Waals surface area (Å²) >= 11 is 0. The minimum Gasteiger partial charge on any atom is -0.295 e. The maximum absolute atomic E-state index is 11.0. The van der Waals surface area contributed by atoms with Crippen LogP contribution in [0.25, 0.3) is 0 Å². The first kappa shape index (κ1) is 5.83. The molecule has 2 aliphatic carbocycles. The van der Waals surface area contributed by atoms with Crippen molar-refractivity contribution >= 4 is 11.6 Å². The molecule has 0 aliphatic heterocycles. The molecule has 2 rings (SSSR count). The fourth-order valence-corrected chi connectivity index (χ4v) is 1.72. The average Bonchev–Trinajstić information content (AvgIpc) is 2.55. The van der Waals surface area contributed by atoms with Gasteiger partial charge in [0.1, 0.15) is 0 Å². The molecule has 0 aromatic rings. The van der Waals surface area contributed by atoms with E-state index in [1.54, 1.807) is 0 Å². The molecule has 0 amide bonds. The number of rotatable bonds is 0. The second kappa shape index (κ2) is 1.57. The summed E-state index contributed by atoms with van der Waals surface area (Å²) in [4.78, 5) is 21.9. The highest BCUT2D eigenvalue weighted by molar-refractivity contribution is 6.11. The molecule has 0 saturated heterocycles. The summed E-state index contributed by atoms with van der Waals surface area (Å²) in [6, 6.07) is 0. The fourth-order valence-electron chi connectivity index (χ4n) is 1.72. The van der Waals surface area contributed by atoms with Crippen molar-refractivity contribution in [3.05, 3.63) is 12.2 Å². The Bertz CT molecular complexity index is 216. The molecular formula is C8H8O2. The number of ketones is 2. The molecule has 0 heterocycles. The van der Waals surface area contributed by atoms with Crippen molar-refractivity contribution in [1.82, 2.24) is 0 Å². The lowest BCUT2D eigenvalue weighted by atomic mass is 10.1. The lowest BCUT2D eigenvalue weighted by Crippen LogP contribution is -2.09. The van der Waals surface area contributed by atoms with E-state index in [-0.39, 0.29) is 23.4 Å². The van der Waals surface area contributed by atoms with Crippen molar-refractivity contribution < 1.29 is 9.59 Å². The van der Waals surface area contributed by atoms with Gasteiger partial charge in [-0.3, -0.25) is 9.59 Å². The highest BCUT2D eigenvalue weighted by Crippen LogP contribution is 2.49. The van der Waals surface area contributed by atoms with Crippen LogP contribution in [-0.2, 0) is 9.59 Å². The predicted molar refractivity (Wildman–Crippen MR) is 35.3 cm³/mol. The van der Waals surface area contributed by atoms with Crippen LogP contribution in [0.4, 0.5) is 0 Å². The van der Waals surface area contributed by atoms with Crippen LogP contribution in [0.3, 0.4) is 0 Å². The normalized spacial score (nSPS) is 43.5. The van der Waals surface area contributed by atoms with E-state index in [2.05, 4.69) is 0 Å². The Balaban J connectivity index is 2.33. The van der Waals surface area contributed by atoms with E-state index in [0.717, 1.165) is 0 Å². The molecule has 2 heteroatoms. The lowest BCUT2D eigenvalue weighted by Gasteiger charge is -1.96. The summed E-state index contributed by atoms with van der Waals surface area (Å²) in [6.07, 6.45) is 2.82. The molecule has 0 spiro atoms. The Kier molecular flexibility index (Phi) is 0.914. The molecule has 0 bridgehead atoms. The standard InChI is InChI=1S/C8H8O2/c1-4-7-5(9)2-3-6(10)8(4)7/h2-4,7-8H,1H3. The topological polar surface area (TPSA) is 34.1 Å². The van der Waals surface area contributed by atoms with E-state index in [1.165, 1.54) is 12.2 Å². The molecule has 1 fully saturated rings. The minimum atomic E-state index is 0.0394. The maximum atomic E-state index is 11.0. The van der Waals surface area contributed by atoms with Gasteiger partial charge in [-0.15, -0.1) is 0 Å². The van der Waals surface area contributed by atoms with Crippen LogP contribution < -0.4 is 0 Å². The number of hydrogen-bond donors (Lipinski definition) is 0. The number of carbonyl (C=O) groups is 2. The van der Waals surface area contributed by atoms with Crippen molar-refractivity contribution in [2.45, 2.75) is 6.92 Å². The van der Waals surface area contributed by atoms with Gasteiger partial charge >= 0.3 is 0 Å². The van der Waals surface area contributed by atoms with Crippen LogP contribution in [0, 0.1) is 17.8 Å². The van der Waals surface area contributed by atoms with Crippen LogP contribution >= 0.6 is 0 Å². The molecule has 0 N–H and O–H groups in total. The zero-order valence-electron chi connectivity index (χ0n) is 5.70. The van der Waals surface area contributed by atoms with Crippen molar-refractivity contribution in [3.8, 4) is 0 Å². The first-order valence-corrected chi connectivity index (χ1v) is 3.47. The van der Waals surface area contributed by atoms with Gasteiger partial charge in [0, 0.05) is 11.8 Å². The van der Waals surface area contributed by atoms with Gasteiger partial charge in [0.05, 0.1) is 0 Å². The van der Waals surface area contributed by atoms with Gasteiger partial charge in [0.25, 0.3) is 0 Å². The molecule has 0 aromatic heterocycles. The molecule has 2 nitrogen and oxygen atoms in total. The van der Waals surface area contributed by atoms with E-state index in [9.17, 15) is 9.59 Å². The Morgan fingerprint density at radius 3 is 1.90 bits per heavy atom. The Morgan fingerprint density at radius 1 is 1.10 bits per heavy atom. The summed E-state index contributed by atoms with van der Waals surface area (Å²) in [5, 5.41) is 0. The lowest BCUT2D eigenvalue weighted by molar-refractivity contribution is -0.121. The van der Waals surface area contributed by atoms with Crippen LogP contribution in [0.1, 0.15) is 6.92 Å². The fraction of sp³-hybridized carbons (Fsp3) is 0.500. The number of carbonyl (C=O) groups excluding carboxylic acids is 2. The summed E-state index contributed by atoms with van der Waals surface area (Å²) in [5.74, 6) is 0.652. The van der Waals surface area contributed by atoms with Gasteiger partial charge in [-0.1, -0.05) is 6.92 Å². The van der Waals surface area contributed by atoms with Crippen LogP contribution in [-0.4, -0.2) is 11.6 Å². The Labute approximate surface area is 58.9 Å². The van der Waals surface area contributed by atoms with Crippen LogP contribution in [0.15, 0.2) is 12.2 Å². The highest BCUT2D eigenvalue weighted by Gasteiger charge is 2.55. The monoisotopic (exact) mass is 136 g/mol. The minimum absolute atomic E-state index is 0.0394. The SMILES string of the molecule is CC1C2C(=O)C=CC(=O)C12. The predicted octanol–water partition coefficient (Wildman–Crippen LogP) is 0.577. The quantitative estimate of drug-likeness (QED) is 0.488. The van der Waals surface area contributed by atoms with E-state index in [0.29, 0.717) is 5.92 Å². The van der Waals surface area contributed by atoms with Crippen molar-refractivity contribution in [2.75, 3.05) is 0 Å². The molecule has 10 heavy (non-hydrogen) atoms. The molecule has 2 aliphatic rings. The summed E-state index contributed by atoms with van der Waals surface area (Å²) in [7, 11) is 0. The summed E-state index contributed by atoms with van der Waals surface area (Å²) in [6.45, 7) is 1.96. The van der Waals surface area contributed by atoms with Gasteiger partial charge in [-0.2, -0.15) is 0 Å². The van der Waals surface area contributed by atoms with Gasteiger partial charge < -0.3 is 0 Å². The zero-order chi connectivity index (χ0) is 7.30. The van der Waals surface area contributed by atoms with Crippen molar-refractivity contribution in [2.24, 2.45) is 17.8 Å². The first-order chi connectivity index (χ1) is 4.72. The third-order valence-electron chi connectivity index (χ3n) is 2.45. The van der Waals surface area contributed by atoms with Crippen LogP contribution in [0.5, 0.6) is 0 Å². The number of allylic oxidation sites excluding steroid dienone is 2. The van der Waals surface area contributed by atoms with Gasteiger partial charge in [0.15, 0.2) is 11.6 Å².